The lowest BCUT2D eigenvalue weighted by Gasteiger charge is -2.17. The van der Waals surface area contributed by atoms with E-state index in [0.29, 0.717) is 5.69 Å². The van der Waals surface area contributed by atoms with Crippen LogP contribution in [0, 0.1) is 23.7 Å². The van der Waals surface area contributed by atoms with Crippen molar-refractivity contribution in [2.75, 3.05) is 16.0 Å². The summed E-state index contributed by atoms with van der Waals surface area (Å²) in [5.74, 6) is -0.000501. The lowest BCUT2D eigenvalue weighted by molar-refractivity contribution is -0.123. The van der Waals surface area contributed by atoms with Gasteiger partial charge < -0.3 is 5.32 Å². The number of benzene rings is 2. The molecular weight excluding hydrogens is 466 g/mol. The highest BCUT2D eigenvalue weighted by molar-refractivity contribution is 8.01. The van der Waals surface area contributed by atoms with Gasteiger partial charge in [0.2, 0.25) is 17.7 Å². The molecule has 1 N–H and O–H groups in total. The zero-order valence-electron chi connectivity index (χ0n) is 18.6. The smallest absolute Gasteiger partial charge is 0.238 e. The molecule has 8 heteroatoms. The molecule has 0 spiro atoms. The maximum atomic E-state index is 13.1. The number of rotatable bonds is 6. The number of thioether (sulfide) groups is 1. The number of carbonyl (C=O) groups is 3. The van der Waals surface area contributed by atoms with Crippen molar-refractivity contribution in [2.24, 2.45) is 23.7 Å². The molecule has 2 aromatic carbocycles. The van der Waals surface area contributed by atoms with Gasteiger partial charge in [-0.3, -0.25) is 14.4 Å². The van der Waals surface area contributed by atoms with Crippen molar-refractivity contribution in [3.8, 4) is 0 Å². The van der Waals surface area contributed by atoms with E-state index in [1.165, 1.54) is 33.6 Å². The molecule has 0 radical (unpaired) electrons. The monoisotopic (exact) mass is 489 g/mol. The first-order valence-electron chi connectivity index (χ1n) is 11.5. The van der Waals surface area contributed by atoms with E-state index >= 15 is 0 Å². The van der Waals surface area contributed by atoms with E-state index in [1.54, 1.807) is 6.07 Å². The number of hydrogen-bond acceptors (Lipinski definition) is 6. The van der Waals surface area contributed by atoms with E-state index < -0.39 is 0 Å². The highest BCUT2D eigenvalue weighted by atomic mass is 32.2. The van der Waals surface area contributed by atoms with Crippen LogP contribution in [-0.4, -0.2) is 28.5 Å². The van der Waals surface area contributed by atoms with Crippen LogP contribution < -0.4 is 10.2 Å². The number of allylic oxidation sites excluding steroid dienone is 2. The van der Waals surface area contributed by atoms with Crippen molar-refractivity contribution in [3.63, 3.8) is 0 Å². The Labute approximate surface area is 205 Å². The van der Waals surface area contributed by atoms with Crippen molar-refractivity contribution >= 4 is 62.4 Å². The number of hydrogen-bond donors (Lipinski definition) is 1. The van der Waals surface area contributed by atoms with Gasteiger partial charge >= 0.3 is 0 Å². The number of imide groups is 1. The Morgan fingerprint density at radius 3 is 2.47 bits per heavy atom. The number of amides is 3. The van der Waals surface area contributed by atoms with E-state index in [1.807, 2.05) is 36.4 Å². The first kappa shape index (κ1) is 21.6. The number of fused-ring (bicyclic) bond motifs is 6. The quantitative estimate of drug-likeness (QED) is 0.303. The van der Waals surface area contributed by atoms with Crippen LogP contribution in [0.2, 0.25) is 0 Å². The Balaban J connectivity index is 1.14. The summed E-state index contributed by atoms with van der Waals surface area (Å²) in [6.45, 7) is 2.10. The van der Waals surface area contributed by atoms with Gasteiger partial charge in [0.05, 0.1) is 33.5 Å². The second-order valence-corrected chi connectivity index (χ2v) is 11.3. The molecule has 2 aliphatic carbocycles. The minimum atomic E-state index is -0.206. The summed E-state index contributed by atoms with van der Waals surface area (Å²) in [5.41, 5.74) is 3.42. The molecule has 1 saturated heterocycles. The molecule has 1 aromatic heterocycles. The predicted octanol–water partition coefficient (Wildman–Crippen LogP) is 4.90. The zero-order chi connectivity index (χ0) is 23.4. The lowest BCUT2D eigenvalue weighted by Crippen LogP contribution is -2.32. The summed E-state index contributed by atoms with van der Waals surface area (Å²) < 4.78 is 1.68. The molecule has 34 heavy (non-hydrogen) atoms. The second-order valence-electron chi connectivity index (χ2n) is 9.03. The molecule has 1 aliphatic heterocycles. The van der Waals surface area contributed by atoms with Crippen LogP contribution in [0.15, 0.2) is 59.0 Å². The second kappa shape index (κ2) is 8.36. The number of thiazole rings is 1. The van der Waals surface area contributed by atoms with Crippen molar-refractivity contribution in [2.45, 2.75) is 24.1 Å². The number of aryl methyl sites for hydroxylation is 1. The number of nitrogens with zero attached hydrogens (tertiary/aromatic N) is 2. The molecule has 1 saturated carbocycles. The van der Waals surface area contributed by atoms with Crippen LogP contribution >= 0.6 is 23.1 Å². The first-order valence-corrected chi connectivity index (χ1v) is 13.3. The Bertz CT molecular complexity index is 1320. The topological polar surface area (TPSA) is 79.4 Å². The number of carbonyl (C=O) groups excluding carboxylic acids is 3. The van der Waals surface area contributed by atoms with Gasteiger partial charge in [0.15, 0.2) is 4.34 Å². The standard InChI is InChI=1S/C26H23N3O3S2/c1-2-14-3-7-17(8-4-14)27-21(30)13-33-26-28-19-10-9-18(12-20(19)34-26)29-24(31)22-15-5-6-16(11-15)23(22)25(29)32/h3-10,12,15-16,22-23H,2,11,13H2,1H3,(H,27,30)/t15-,16-,22-,23-/m0/s1. The van der Waals surface area contributed by atoms with Crippen LogP contribution in [-0.2, 0) is 20.8 Å². The van der Waals surface area contributed by atoms with Gasteiger partial charge in [-0.15, -0.1) is 11.3 Å². The van der Waals surface area contributed by atoms with Crippen LogP contribution in [0.25, 0.3) is 10.2 Å². The molecule has 6 rings (SSSR count). The highest BCUT2D eigenvalue weighted by Gasteiger charge is 2.59. The molecular formula is C26H23N3O3S2. The van der Waals surface area contributed by atoms with Gasteiger partial charge in [-0.05, 0) is 60.6 Å². The van der Waals surface area contributed by atoms with Crippen LogP contribution in [0.5, 0.6) is 0 Å². The van der Waals surface area contributed by atoms with Crippen LogP contribution in [0.1, 0.15) is 18.9 Å². The lowest BCUT2D eigenvalue weighted by atomic mass is 9.85. The summed E-state index contributed by atoms with van der Waals surface area (Å²) in [4.78, 5) is 44.6. The van der Waals surface area contributed by atoms with Crippen LogP contribution in [0.3, 0.4) is 0 Å². The highest BCUT2D eigenvalue weighted by Crippen LogP contribution is 2.53. The zero-order valence-corrected chi connectivity index (χ0v) is 20.2. The first-order chi connectivity index (χ1) is 16.5. The predicted molar refractivity (Wildman–Crippen MR) is 135 cm³/mol. The van der Waals surface area contributed by atoms with Gasteiger partial charge in [-0.25, -0.2) is 9.88 Å². The Morgan fingerprint density at radius 1 is 1.09 bits per heavy atom. The van der Waals surface area contributed by atoms with Gasteiger partial charge in [0.1, 0.15) is 0 Å². The van der Waals surface area contributed by atoms with E-state index in [0.717, 1.165) is 33.1 Å². The average molecular weight is 490 g/mol. The van der Waals surface area contributed by atoms with Gasteiger partial charge in [-0.1, -0.05) is 43.0 Å². The Hall–Kier alpha value is -2.97. The minimum absolute atomic E-state index is 0.0750. The maximum Gasteiger partial charge on any atom is 0.238 e. The van der Waals surface area contributed by atoms with Crippen molar-refractivity contribution in [1.29, 1.82) is 0 Å². The normalized spacial score (nSPS) is 24.9. The summed E-state index contributed by atoms with van der Waals surface area (Å²) in [7, 11) is 0. The number of aromatic nitrogens is 1. The van der Waals surface area contributed by atoms with E-state index in [-0.39, 0.29) is 47.1 Å². The number of anilines is 2. The molecule has 6 nitrogen and oxygen atoms in total. The number of nitrogens with one attached hydrogen (secondary N) is 1. The molecule has 4 atom stereocenters. The summed E-state index contributed by atoms with van der Waals surface area (Å²) in [6.07, 6.45) is 6.09. The summed E-state index contributed by atoms with van der Waals surface area (Å²) in [6, 6.07) is 13.4. The largest absolute Gasteiger partial charge is 0.325 e. The third-order valence-electron chi connectivity index (χ3n) is 7.05. The summed E-state index contributed by atoms with van der Waals surface area (Å²) >= 11 is 2.85. The van der Waals surface area contributed by atoms with E-state index in [2.05, 4.69) is 29.4 Å². The SMILES string of the molecule is CCc1ccc(NC(=O)CSc2nc3ccc(N4C(=O)[C@@H]5[C@@H](C4=O)[C@H]4C=C[C@H]5C4)cc3s2)cc1. The minimum Gasteiger partial charge on any atom is -0.325 e. The van der Waals surface area contributed by atoms with Gasteiger partial charge in [0.25, 0.3) is 0 Å². The van der Waals surface area contributed by atoms with Crippen molar-refractivity contribution < 1.29 is 14.4 Å². The van der Waals surface area contributed by atoms with Crippen molar-refractivity contribution in [3.05, 3.63) is 60.2 Å². The molecule has 2 bridgehead atoms. The molecule has 2 fully saturated rings. The van der Waals surface area contributed by atoms with Crippen molar-refractivity contribution in [1.82, 2.24) is 4.98 Å². The average Bonchev–Trinajstić information content (AvgIpc) is 3.60. The Morgan fingerprint density at radius 2 is 1.79 bits per heavy atom. The molecule has 0 unspecified atom stereocenters. The fourth-order valence-electron chi connectivity index (χ4n) is 5.40. The molecule has 172 valence electrons. The van der Waals surface area contributed by atoms with Gasteiger partial charge in [0, 0.05) is 5.69 Å². The van der Waals surface area contributed by atoms with Crippen LogP contribution in [0.4, 0.5) is 11.4 Å². The van der Waals surface area contributed by atoms with Gasteiger partial charge in [-0.2, -0.15) is 0 Å². The third kappa shape index (κ3) is 3.56. The summed E-state index contributed by atoms with van der Waals surface area (Å²) in [5, 5.41) is 2.91. The molecule has 2 heterocycles. The molecule has 3 amide bonds. The van der Waals surface area contributed by atoms with E-state index in [4.69, 9.17) is 0 Å². The molecule has 3 aliphatic rings. The Kier molecular flexibility index (Phi) is 5.30. The maximum absolute atomic E-state index is 13.1. The fraction of sp³-hybridized carbons (Fsp3) is 0.308. The van der Waals surface area contributed by atoms with E-state index in [9.17, 15) is 14.4 Å². The molecule has 3 aromatic rings. The fourth-order valence-corrected chi connectivity index (χ4v) is 7.30. The third-order valence-corrected chi connectivity index (χ3v) is 9.21.